The van der Waals surface area contributed by atoms with Crippen molar-refractivity contribution < 1.29 is 28.3 Å². The predicted molar refractivity (Wildman–Crippen MR) is 149 cm³/mol. The third-order valence-corrected chi connectivity index (χ3v) is 7.42. The molecule has 1 aromatic heterocycles. The number of anilines is 1. The van der Waals surface area contributed by atoms with Gasteiger partial charge in [-0.3, -0.25) is 9.59 Å². The lowest BCUT2D eigenvalue weighted by atomic mass is 9.73. The summed E-state index contributed by atoms with van der Waals surface area (Å²) in [4.78, 5) is 28.1. The average Bonchev–Trinajstić information content (AvgIpc) is 3.38. The molecule has 1 fully saturated rings. The number of hydrogen-bond donors (Lipinski definition) is 2. The number of rotatable bonds is 11. The van der Waals surface area contributed by atoms with Crippen molar-refractivity contribution in [2.45, 2.75) is 64.0 Å². The van der Waals surface area contributed by atoms with Crippen LogP contribution < -0.4 is 10.1 Å². The molecule has 2 aromatic carbocycles. The molecule has 1 amide bonds. The molecule has 8 nitrogen and oxygen atoms in total. The van der Waals surface area contributed by atoms with Crippen molar-refractivity contribution in [1.29, 1.82) is 0 Å². The fraction of sp³-hybridized carbons (Fsp3) is 0.452. The minimum atomic E-state index is -1.25. The van der Waals surface area contributed by atoms with Crippen molar-refractivity contribution in [2.24, 2.45) is 5.92 Å². The Labute approximate surface area is 230 Å². The van der Waals surface area contributed by atoms with E-state index in [0.29, 0.717) is 40.5 Å². The summed E-state index contributed by atoms with van der Waals surface area (Å²) < 4.78 is 12.3. The van der Waals surface area contributed by atoms with Gasteiger partial charge in [-0.25, -0.2) is 4.98 Å². The van der Waals surface area contributed by atoms with Gasteiger partial charge in [0.05, 0.1) is 33.3 Å². The Bertz CT molecular complexity index is 1230. The molecule has 0 bridgehead atoms. The summed E-state index contributed by atoms with van der Waals surface area (Å²) in [5.74, 6) is 1.13. The number of hydrogen-bond acceptors (Lipinski definition) is 6. The van der Waals surface area contributed by atoms with Crippen LogP contribution in [0.15, 0.2) is 65.2 Å². The number of carbonyl (C=O) groups is 2. The number of oxazole rings is 1. The topological polar surface area (TPSA) is 102 Å². The Morgan fingerprint density at radius 1 is 1.08 bits per heavy atom. The molecule has 0 radical (unpaired) electrons. The number of amides is 1. The van der Waals surface area contributed by atoms with E-state index >= 15 is 0 Å². The highest BCUT2D eigenvalue weighted by molar-refractivity contribution is 5.88. The number of esters is 1. The number of aromatic nitrogens is 1. The fourth-order valence-corrected chi connectivity index (χ4v) is 5.45. The van der Waals surface area contributed by atoms with E-state index in [-0.39, 0.29) is 24.2 Å². The van der Waals surface area contributed by atoms with Crippen LogP contribution in [0.3, 0.4) is 0 Å². The maximum Gasteiger partial charge on any atom is 0.311 e. The molecule has 0 aliphatic heterocycles. The number of benzene rings is 2. The van der Waals surface area contributed by atoms with Crippen LogP contribution in [0.5, 0.6) is 5.75 Å². The summed E-state index contributed by atoms with van der Waals surface area (Å²) in [6.45, 7) is 2.76. The van der Waals surface area contributed by atoms with Crippen LogP contribution in [0.4, 0.5) is 5.69 Å². The van der Waals surface area contributed by atoms with Crippen LogP contribution in [0.1, 0.15) is 69.1 Å². The molecule has 39 heavy (non-hydrogen) atoms. The standard InChI is InChI=1S/C31H39N3O5/c1-23(35)33-26-16-18-27(19-17-26)38-29(36)15-10-20-34(2,3)22-28-21-32-30(39-28)31(37,24-11-6-4-7-12-24)25-13-8-5-9-14-25/h4,6-7,11-12,16-19,21,25,37H,5,8-10,13-15,20,22H2,1-3H3/p+1/t31-/m0/s1. The smallest absolute Gasteiger partial charge is 0.311 e. The molecule has 0 spiro atoms. The first-order chi connectivity index (χ1) is 18.7. The molecule has 1 heterocycles. The van der Waals surface area contributed by atoms with Crippen LogP contribution in [0, 0.1) is 5.92 Å². The van der Waals surface area contributed by atoms with Crippen LogP contribution >= 0.6 is 0 Å². The molecule has 0 saturated heterocycles. The van der Waals surface area contributed by atoms with Gasteiger partial charge in [0.15, 0.2) is 11.4 Å². The number of nitrogens with one attached hydrogen (secondary N) is 1. The molecule has 1 atom stereocenters. The quantitative estimate of drug-likeness (QED) is 0.194. The van der Waals surface area contributed by atoms with Gasteiger partial charge in [0.2, 0.25) is 11.8 Å². The highest BCUT2D eigenvalue weighted by Gasteiger charge is 2.44. The van der Waals surface area contributed by atoms with Gasteiger partial charge in [-0.1, -0.05) is 49.6 Å². The van der Waals surface area contributed by atoms with Gasteiger partial charge in [0.25, 0.3) is 0 Å². The van der Waals surface area contributed by atoms with Gasteiger partial charge in [0.1, 0.15) is 12.3 Å². The number of nitrogens with zero attached hydrogens (tertiary/aromatic N) is 2. The highest BCUT2D eigenvalue weighted by atomic mass is 16.5. The molecule has 1 aliphatic carbocycles. The molecular formula is C31H40N3O5+. The summed E-state index contributed by atoms with van der Waals surface area (Å²) in [5, 5.41) is 14.7. The van der Waals surface area contributed by atoms with Gasteiger partial charge in [0, 0.05) is 24.9 Å². The molecule has 4 rings (SSSR count). The van der Waals surface area contributed by atoms with E-state index in [1.807, 2.05) is 30.3 Å². The van der Waals surface area contributed by atoms with Crippen molar-refractivity contribution in [2.75, 3.05) is 26.0 Å². The second-order valence-corrected chi connectivity index (χ2v) is 11.2. The second-order valence-electron chi connectivity index (χ2n) is 11.2. The van der Waals surface area contributed by atoms with Gasteiger partial charge >= 0.3 is 5.97 Å². The highest BCUT2D eigenvalue weighted by Crippen LogP contribution is 2.43. The lowest BCUT2D eigenvalue weighted by molar-refractivity contribution is -0.904. The number of aliphatic hydroxyl groups is 1. The fourth-order valence-electron chi connectivity index (χ4n) is 5.45. The molecular weight excluding hydrogens is 494 g/mol. The monoisotopic (exact) mass is 534 g/mol. The van der Waals surface area contributed by atoms with Gasteiger partial charge in [-0.2, -0.15) is 0 Å². The first-order valence-corrected chi connectivity index (χ1v) is 13.8. The number of quaternary nitrogens is 1. The largest absolute Gasteiger partial charge is 0.436 e. The minimum Gasteiger partial charge on any atom is -0.436 e. The summed E-state index contributed by atoms with van der Waals surface area (Å²) >= 11 is 0. The van der Waals surface area contributed by atoms with Gasteiger partial charge in [-0.15, -0.1) is 0 Å². The zero-order valence-corrected chi connectivity index (χ0v) is 23.2. The first kappa shape index (κ1) is 28.5. The van der Waals surface area contributed by atoms with Gasteiger partial charge < -0.3 is 24.1 Å². The predicted octanol–water partition coefficient (Wildman–Crippen LogP) is 5.41. The Morgan fingerprint density at radius 2 is 1.77 bits per heavy atom. The van der Waals surface area contributed by atoms with E-state index in [1.165, 1.54) is 13.3 Å². The van der Waals surface area contributed by atoms with Crippen LogP contribution in [0.2, 0.25) is 0 Å². The molecule has 3 aromatic rings. The van der Waals surface area contributed by atoms with Crippen molar-refractivity contribution in [3.8, 4) is 5.75 Å². The van der Waals surface area contributed by atoms with E-state index < -0.39 is 5.60 Å². The SMILES string of the molecule is CC(=O)Nc1ccc(OC(=O)CCC[N+](C)(C)Cc2cnc([C@](O)(c3ccccc3)C3CCCCC3)o2)cc1. The van der Waals surface area contributed by atoms with Gasteiger partial charge in [-0.05, 0) is 42.7 Å². The molecule has 208 valence electrons. The molecule has 1 saturated carbocycles. The summed E-state index contributed by atoms with van der Waals surface area (Å²) in [6, 6.07) is 16.5. The van der Waals surface area contributed by atoms with E-state index in [1.54, 1.807) is 30.5 Å². The number of ether oxygens (including phenoxy) is 1. The van der Waals surface area contributed by atoms with E-state index in [4.69, 9.17) is 9.15 Å². The van der Waals surface area contributed by atoms with Crippen molar-refractivity contribution in [3.05, 3.63) is 78.0 Å². The minimum absolute atomic E-state index is 0.0651. The van der Waals surface area contributed by atoms with Crippen molar-refractivity contribution in [3.63, 3.8) is 0 Å². The molecule has 2 N–H and O–H groups in total. The summed E-state index contributed by atoms with van der Waals surface area (Å²) in [6.07, 6.45) is 7.94. The Kier molecular flexibility index (Phi) is 9.20. The third-order valence-electron chi connectivity index (χ3n) is 7.42. The normalized spacial score (nSPS) is 15.9. The van der Waals surface area contributed by atoms with Crippen LogP contribution in [-0.2, 0) is 21.7 Å². The Hall–Kier alpha value is -3.49. The number of carbonyl (C=O) groups excluding carboxylic acids is 2. The van der Waals surface area contributed by atoms with E-state index in [2.05, 4.69) is 24.4 Å². The molecule has 1 aliphatic rings. The van der Waals surface area contributed by atoms with Crippen molar-refractivity contribution in [1.82, 2.24) is 4.98 Å². The molecule has 0 unspecified atom stereocenters. The third kappa shape index (κ3) is 7.55. The van der Waals surface area contributed by atoms with Crippen LogP contribution in [-0.4, -0.2) is 47.1 Å². The zero-order chi connectivity index (χ0) is 27.9. The summed E-state index contributed by atoms with van der Waals surface area (Å²) in [5.41, 5.74) is 0.224. The maximum atomic E-state index is 12.4. The lowest BCUT2D eigenvalue weighted by Gasteiger charge is -2.36. The Balaban J connectivity index is 1.33. The maximum absolute atomic E-state index is 12.4. The first-order valence-electron chi connectivity index (χ1n) is 13.8. The second kappa shape index (κ2) is 12.6. The molecule has 8 heteroatoms. The van der Waals surface area contributed by atoms with Crippen LogP contribution in [0.25, 0.3) is 0 Å². The van der Waals surface area contributed by atoms with Crippen molar-refractivity contribution >= 4 is 17.6 Å². The summed E-state index contributed by atoms with van der Waals surface area (Å²) in [7, 11) is 4.16. The van der Waals surface area contributed by atoms with E-state index in [0.717, 1.165) is 37.8 Å². The zero-order valence-electron chi connectivity index (χ0n) is 23.2. The average molecular weight is 535 g/mol. The van der Waals surface area contributed by atoms with E-state index in [9.17, 15) is 14.7 Å². The Morgan fingerprint density at radius 3 is 2.44 bits per heavy atom. The lowest BCUT2D eigenvalue weighted by Crippen LogP contribution is -2.40.